The molecule has 2 nitrogen and oxygen atoms in total. The van der Waals surface area contributed by atoms with Gasteiger partial charge in [0, 0.05) is 28.9 Å². The van der Waals surface area contributed by atoms with Crippen molar-refractivity contribution in [2.75, 3.05) is 32.1 Å². The summed E-state index contributed by atoms with van der Waals surface area (Å²) in [5.74, 6) is 0. The predicted molar refractivity (Wildman–Crippen MR) is 105 cm³/mol. The molecular weight excluding hydrogens is 312 g/mol. The maximum atomic E-state index is 2.56. The molecule has 128 valence electrons. The van der Waals surface area contributed by atoms with Gasteiger partial charge in [-0.25, -0.2) is 0 Å². The van der Waals surface area contributed by atoms with Crippen LogP contribution in [0.3, 0.4) is 0 Å². The zero-order chi connectivity index (χ0) is 17.1. The number of rotatable bonds is 4. The molecule has 1 aliphatic rings. The van der Waals surface area contributed by atoms with Gasteiger partial charge in [0.2, 0.25) is 0 Å². The van der Waals surface area contributed by atoms with Crippen LogP contribution in [0.1, 0.15) is 24.0 Å². The van der Waals surface area contributed by atoms with Gasteiger partial charge in [-0.2, -0.15) is 0 Å². The molecule has 0 unspecified atom stereocenters. The highest BCUT2D eigenvalue weighted by Crippen LogP contribution is 2.38. The minimum Gasteiger partial charge on any atom is -0.371 e. The normalized spacial score (nSPS) is 16.0. The van der Waals surface area contributed by atoms with Crippen LogP contribution >= 0.6 is 11.8 Å². The summed E-state index contributed by atoms with van der Waals surface area (Å²) in [6.45, 7) is 6.66. The first-order valence-electron chi connectivity index (χ1n) is 8.80. The van der Waals surface area contributed by atoms with Gasteiger partial charge in [0.15, 0.2) is 0 Å². The summed E-state index contributed by atoms with van der Waals surface area (Å²) in [5, 5.41) is 0. The van der Waals surface area contributed by atoms with E-state index in [-0.39, 0.29) is 0 Å². The second kappa shape index (κ2) is 7.62. The highest BCUT2D eigenvalue weighted by molar-refractivity contribution is 7.99. The molecule has 2 aromatic carbocycles. The predicted octanol–water partition coefficient (Wildman–Crippen LogP) is 4.99. The van der Waals surface area contributed by atoms with Crippen LogP contribution in [0.2, 0.25) is 0 Å². The number of para-hydroxylation sites is 1. The molecule has 1 saturated heterocycles. The fourth-order valence-corrected chi connectivity index (χ4v) is 4.50. The number of hydrogen-bond donors (Lipinski definition) is 0. The van der Waals surface area contributed by atoms with Crippen LogP contribution < -0.4 is 4.90 Å². The Morgan fingerprint density at radius 1 is 0.958 bits per heavy atom. The molecule has 0 radical (unpaired) electrons. The lowest BCUT2D eigenvalue weighted by Crippen LogP contribution is -2.42. The third-order valence-corrected chi connectivity index (χ3v) is 6.19. The van der Waals surface area contributed by atoms with Crippen molar-refractivity contribution in [1.29, 1.82) is 0 Å². The van der Waals surface area contributed by atoms with Crippen molar-refractivity contribution in [2.45, 2.75) is 42.5 Å². The van der Waals surface area contributed by atoms with Crippen LogP contribution in [-0.2, 0) is 0 Å². The monoisotopic (exact) mass is 340 g/mol. The number of piperidine rings is 1. The molecule has 0 saturated carbocycles. The molecule has 1 aliphatic heterocycles. The maximum Gasteiger partial charge on any atom is 0.0508 e. The van der Waals surface area contributed by atoms with E-state index < -0.39 is 0 Å². The molecule has 0 atom stereocenters. The third kappa shape index (κ3) is 3.96. The van der Waals surface area contributed by atoms with E-state index in [0.29, 0.717) is 0 Å². The Labute approximate surface area is 150 Å². The molecule has 0 bridgehead atoms. The van der Waals surface area contributed by atoms with Crippen LogP contribution in [0, 0.1) is 13.8 Å². The summed E-state index contributed by atoms with van der Waals surface area (Å²) >= 11 is 1.90. The van der Waals surface area contributed by atoms with E-state index in [1.807, 2.05) is 11.8 Å². The summed E-state index contributed by atoms with van der Waals surface area (Å²) in [4.78, 5) is 7.66. The smallest absolute Gasteiger partial charge is 0.0508 e. The lowest BCUT2D eigenvalue weighted by atomic mass is 10.0. The Bertz CT molecular complexity index is 688. The first-order valence-corrected chi connectivity index (χ1v) is 9.62. The van der Waals surface area contributed by atoms with Gasteiger partial charge in [0.25, 0.3) is 0 Å². The van der Waals surface area contributed by atoms with E-state index in [4.69, 9.17) is 0 Å². The summed E-state index contributed by atoms with van der Waals surface area (Å²) in [5.41, 5.74) is 4.08. The number of nitrogens with zero attached hydrogens (tertiary/aromatic N) is 2. The van der Waals surface area contributed by atoms with Crippen molar-refractivity contribution in [3.8, 4) is 0 Å². The number of aryl methyl sites for hydroxylation is 2. The fourth-order valence-electron chi connectivity index (χ4n) is 3.46. The Hall–Kier alpha value is -1.45. The average molecular weight is 341 g/mol. The third-order valence-electron chi connectivity index (χ3n) is 4.95. The lowest BCUT2D eigenvalue weighted by molar-refractivity contribution is 0.249. The van der Waals surface area contributed by atoms with E-state index in [9.17, 15) is 0 Å². The van der Waals surface area contributed by atoms with E-state index in [1.54, 1.807) is 0 Å². The van der Waals surface area contributed by atoms with Crippen molar-refractivity contribution < 1.29 is 0 Å². The summed E-state index contributed by atoms with van der Waals surface area (Å²) in [6, 6.07) is 16.3. The Morgan fingerprint density at radius 2 is 1.67 bits per heavy atom. The Balaban J connectivity index is 1.79. The summed E-state index contributed by atoms with van der Waals surface area (Å²) in [6.07, 6.45) is 2.49. The van der Waals surface area contributed by atoms with Gasteiger partial charge in [-0.3, -0.25) is 0 Å². The number of anilines is 1. The van der Waals surface area contributed by atoms with Crippen molar-refractivity contribution in [1.82, 2.24) is 4.90 Å². The molecule has 0 aromatic heterocycles. The van der Waals surface area contributed by atoms with Gasteiger partial charge in [-0.15, -0.1) is 0 Å². The molecule has 2 aromatic rings. The SMILES string of the molecule is Cc1ccc(Sc2ccccc2N2CCC(N(C)C)CC2)c(C)c1. The fraction of sp³-hybridized carbons (Fsp3) is 0.429. The van der Waals surface area contributed by atoms with Crippen LogP contribution in [0.5, 0.6) is 0 Å². The zero-order valence-corrected chi connectivity index (χ0v) is 16.1. The minimum atomic E-state index is 0.723. The van der Waals surface area contributed by atoms with Crippen molar-refractivity contribution in [2.24, 2.45) is 0 Å². The van der Waals surface area contributed by atoms with Gasteiger partial charge < -0.3 is 9.80 Å². The molecule has 0 amide bonds. The van der Waals surface area contributed by atoms with E-state index in [1.165, 1.54) is 39.4 Å². The lowest BCUT2D eigenvalue weighted by Gasteiger charge is -2.37. The molecule has 1 heterocycles. The van der Waals surface area contributed by atoms with Gasteiger partial charge in [-0.05, 0) is 64.5 Å². The second-order valence-corrected chi connectivity index (χ2v) is 8.10. The maximum absolute atomic E-state index is 2.56. The number of hydrogen-bond acceptors (Lipinski definition) is 3. The minimum absolute atomic E-state index is 0.723. The van der Waals surface area contributed by atoms with Gasteiger partial charge in [0.05, 0.1) is 5.69 Å². The van der Waals surface area contributed by atoms with Crippen molar-refractivity contribution in [3.63, 3.8) is 0 Å². The topological polar surface area (TPSA) is 6.48 Å². The van der Waals surface area contributed by atoms with Gasteiger partial charge in [-0.1, -0.05) is 41.6 Å². The highest BCUT2D eigenvalue weighted by Gasteiger charge is 2.22. The molecule has 24 heavy (non-hydrogen) atoms. The first kappa shape index (κ1) is 17.4. The molecule has 0 spiro atoms. The zero-order valence-electron chi connectivity index (χ0n) is 15.2. The standard InChI is InChI=1S/C21H28N2S/c1-16-9-10-20(17(2)15-16)24-21-8-6-5-7-19(21)23-13-11-18(12-14-23)22(3)4/h5-10,15,18H,11-14H2,1-4H3. The van der Waals surface area contributed by atoms with Crippen molar-refractivity contribution in [3.05, 3.63) is 53.6 Å². The summed E-state index contributed by atoms with van der Waals surface area (Å²) < 4.78 is 0. The number of benzene rings is 2. The molecular formula is C21H28N2S. The summed E-state index contributed by atoms with van der Waals surface area (Å²) in [7, 11) is 4.40. The highest BCUT2D eigenvalue weighted by atomic mass is 32.2. The van der Waals surface area contributed by atoms with Crippen LogP contribution in [0.25, 0.3) is 0 Å². The molecule has 3 rings (SSSR count). The second-order valence-electron chi connectivity index (χ2n) is 7.02. The van der Waals surface area contributed by atoms with Crippen LogP contribution in [0.15, 0.2) is 52.3 Å². The molecule has 3 heteroatoms. The molecule has 0 N–H and O–H groups in total. The van der Waals surface area contributed by atoms with Gasteiger partial charge in [0.1, 0.15) is 0 Å². The van der Waals surface area contributed by atoms with Gasteiger partial charge >= 0.3 is 0 Å². The van der Waals surface area contributed by atoms with E-state index in [0.717, 1.165) is 19.1 Å². The molecule has 0 aliphatic carbocycles. The van der Waals surface area contributed by atoms with E-state index in [2.05, 4.69) is 80.2 Å². The largest absolute Gasteiger partial charge is 0.371 e. The van der Waals surface area contributed by atoms with Crippen LogP contribution in [-0.4, -0.2) is 38.1 Å². The van der Waals surface area contributed by atoms with E-state index >= 15 is 0 Å². The Kier molecular flexibility index (Phi) is 5.52. The quantitative estimate of drug-likeness (QED) is 0.774. The Morgan fingerprint density at radius 3 is 2.33 bits per heavy atom. The molecule has 1 fully saturated rings. The average Bonchev–Trinajstić information content (AvgIpc) is 2.58. The van der Waals surface area contributed by atoms with Crippen LogP contribution in [0.4, 0.5) is 5.69 Å². The first-order chi connectivity index (χ1) is 11.5. The van der Waals surface area contributed by atoms with Crippen molar-refractivity contribution >= 4 is 17.4 Å².